The molecule has 2 N–H and O–H groups in total. The fraction of sp³-hybridized carbons (Fsp3) is 0.0385. The SMILES string of the molecule is O=C(CNc1cccc2ccccc12)N/N=C/c1ccc(OC(=O)c2ccccc2I)cc1. The zero-order chi connectivity index (χ0) is 23.0. The van der Waals surface area contributed by atoms with E-state index < -0.39 is 5.97 Å². The van der Waals surface area contributed by atoms with Crippen LogP contribution in [0.4, 0.5) is 5.69 Å². The van der Waals surface area contributed by atoms with Crippen molar-refractivity contribution in [2.24, 2.45) is 5.10 Å². The number of fused-ring (bicyclic) bond motifs is 1. The highest BCUT2D eigenvalue weighted by Gasteiger charge is 2.11. The van der Waals surface area contributed by atoms with E-state index in [1.54, 1.807) is 36.4 Å². The summed E-state index contributed by atoms with van der Waals surface area (Å²) in [6, 6.07) is 28.0. The third kappa shape index (κ3) is 5.95. The van der Waals surface area contributed by atoms with Gasteiger partial charge in [-0.2, -0.15) is 5.10 Å². The lowest BCUT2D eigenvalue weighted by molar-refractivity contribution is -0.119. The monoisotopic (exact) mass is 549 g/mol. The molecule has 0 aliphatic heterocycles. The minimum absolute atomic E-state index is 0.0958. The Morgan fingerprint density at radius 3 is 2.42 bits per heavy atom. The predicted octanol–water partition coefficient (Wildman–Crippen LogP) is 5.23. The summed E-state index contributed by atoms with van der Waals surface area (Å²) in [4.78, 5) is 24.4. The molecular formula is C26H20IN3O3. The highest BCUT2D eigenvalue weighted by atomic mass is 127. The molecule has 0 aromatic heterocycles. The van der Waals surface area contributed by atoms with E-state index in [1.807, 2.05) is 54.6 Å². The third-order valence-corrected chi connectivity index (χ3v) is 5.76. The van der Waals surface area contributed by atoms with E-state index in [-0.39, 0.29) is 12.5 Å². The largest absolute Gasteiger partial charge is 0.423 e. The summed E-state index contributed by atoms with van der Waals surface area (Å²) < 4.78 is 6.25. The first-order valence-electron chi connectivity index (χ1n) is 10.2. The van der Waals surface area contributed by atoms with Crippen LogP contribution in [0.2, 0.25) is 0 Å². The molecule has 0 bridgehead atoms. The number of ether oxygens (including phenoxy) is 1. The van der Waals surface area contributed by atoms with Crippen LogP contribution in [0.15, 0.2) is 96.1 Å². The van der Waals surface area contributed by atoms with Crippen molar-refractivity contribution in [2.45, 2.75) is 0 Å². The number of nitrogens with one attached hydrogen (secondary N) is 2. The number of rotatable bonds is 7. The first kappa shape index (κ1) is 22.5. The third-order valence-electron chi connectivity index (χ3n) is 4.82. The number of hydrazone groups is 1. The van der Waals surface area contributed by atoms with Gasteiger partial charge in [0.05, 0.1) is 18.3 Å². The number of hydrogen-bond donors (Lipinski definition) is 2. The molecule has 0 spiro atoms. The van der Waals surface area contributed by atoms with Crippen LogP contribution in [0.3, 0.4) is 0 Å². The van der Waals surface area contributed by atoms with E-state index in [2.05, 4.69) is 38.4 Å². The molecule has 0 aliphatic carbocycles. The van der Waals surface area contributed by atoms with Crippen LogP contribution in [0.1, 0.15) is 15.9 Å². The van der Waals surface area contributed by atoms with E-state index >= 15 is 0 Å². The average molecular weight is 549 g/mol. The molecule has 0 heterocycles. The predicted molar refractivity (Wildman–Crippen MR) is 139 cm³/mol. The van der Waals surface area contributed by atoms with E-state index in [0.717, 1.165) is 25.6 Å². The molecule has 0 fully saturated rings. The summed E-state index contributed by atoms with van der Waals surface area (Å²) in [5.74, 6) is -0.241. The van der Waals surface area contributed by atoms with Gasteiger partial charge < -0.3 is 10.1 Å². The second kappa shape index (κ2) is 10.7. The maximum atomic E-state index is 12.3. The van der Waals surface area contributed by atoms with E-state index in [4.69, 9.17) is 4.74 Å². The maximum Gasteiger partial charge on any atom is 0.344 e. The Morgan fingerprint density at radius 1 is 0.879 bits per heavy atom. The molecule has 4 aromatic rings. The second-order valence-corrected chi connectivity index (χ2v) is 8.27. The van der Waals surface area contributed by atoms with Crippen LogP contribution in [-0.4, -0.2) is 24.6 Å². The average Bonchev–Trinajstić information content (AvgIpc) is 2.84. The van der Waals surface area contributed by atoms with E-state index in [0.29, 0.717) is 11.3 Å². The van der Waals surface area contributed by atoms with Crippen LogP contribution in [-0.2, 0) is 4.79 Å². The minimum Gasteiger partial charge on any atom is -0.423 e. The quantitative estimate of drug-likeness (QED) is 0.109. The lowest BCUT2D eigenvalue weighted by atomic mass is 10.1. The lowest BCUT2D eigenvalue weighted by Gasteiger charge is -2.08. The zero-order valence-electron chi connectivity index (χ0n) is 17.5. The summed E-state index contributed by atoms with van der Waals surface area (Å²) in [7, 11) is 0. The van der Waals surface area contributed by atoms with Gasteiger partial charge in [-0.15, -0.1) is 0 Å². The molecular weight excluding hydrogens is 529 g/mol. The number of hydrogen-bond acceptors (Lipinski definition) is 5. The van der Waals surface area contributed by atoms with Crippen molar-refractivity contribution in [3.05, 3.63) is 106 Å². The topological polar surface area (TPSA) is 79.8 Å². The summed E-state index contributed by atoms with van der Waals surface area (Å²) in [6.45, 7) is 0.0958. The Balaban J connectivity index is 1.28. The fourth-order valence-corrected chi connectivity index (χ4v) is 3.79. The minimum atomic E-state index is -0.410. The molecule has 0 atom stereocenters. The van der Waals surface area contributed by atoms with E-state index in [9.17, 15) is 9.59 Å². The number of halogens is 1. The molecule has 0 saturated heterocycles. The van der Waals surface area contributed by atoms with Crippen molar-refractivity contribution >= 4 is 57.1 Å². The van der Waals surface area contributed by atoms with Crippen LogP contribution >= 0.6 is 22.6 Å². The number of carbonyl (C=O) groups excluding carboxylic acids is 2. The molecule has 4 rings (SSSR count). The zero-order valence-corrected chi connectivity index (χ0v) is 19.7. The van der Waals surface area contributed by atoms with Gasteiger partial charge >= 0.3 is 5.97 Å². The Morgan fingerprint density at radius 2 is 1.61 bits per heavy atom. The van der Waals surface area contributed by atoms with E-state index in [1.165, 1.54) is 6.21 Å². The van der Waals surface area contributed by atoms with Crippen LogP contribution < -0.4 is 15.5 Å². The van der Waals surface area contributed by atoms with Gasteiger partial charge in [-0.1, -0.05) is 48.5 Å². The first-order chi connectivity index (χ1) is 16.1. The number of amides is 1. The number of anilines is 1. The molecule has 4 aromatic carbocycles. The molecule has 6 nitrogen and oxygen atoms in total. The normalized spacial score (nSPS) is 10.8. The molecule has 33 heavy (non-hydrogen) atoms. The number of nitrogens with zero attached hydrogens (tertiary/aromatic N) is 1. The molecule has 164 valence electrons. The maximum absolute atomic E-state index is 12.3. The van der Waals surface area contributed by atoms with Crippen molar-refractivity contribution in [3.8, 4) is 5.75 Å². The number of benzene rings is 4. The highest BCUT2D eigenvalue weighted by Crippen LogP contribution is 2.22. The molecule has 1 amide bonds. The summed E-state index contributed by atoms with van der Waals surface area (Å²) in [5, 5.41) is 9.30. The summed E-state index contributed by atoms with van der Waals surface area (Å²) in [6.07, 6.45) is 1.53. The van der Waals surface area contributed by atoms with Gasteiger partial charge in [0.1, 0.15) is 5.75 Å². The van der Waals surface area contributed by atoms with Gasteiger partial charge in [0.15, 0.2) is 0 Å². The molecule has 0 aliphatic rings. The van der Waals surface area contributed by atoms with Gasteiger partial charge in [0.25, 0.3) is 5.91 Å². The number of esters is 1. The highest BCUT2D eigenvalue weighted by molar-refractivity contribution is 14.1. The molecule has 7 heteroatoms. The molecule has 0 radical (unpaired) electrons. The van der Waals surface area contributed by atoms with Gasteiger partial charge in [-0.05, 0) is 76.0 Å². The summed E-state index contributed by atoms with van der Waals surface area (Å²) >= 11 is 2.10. The van der Waals surface area contributed by atoms with Crippen LogP contribution in [0.5, 0.6) is 5.75 Å². The van der Waals surface area contributed by atoms with Crippen molar-refractivity contribution < 1.29 is 14.3 Å². The fourth-order valence-electron chi connectivity index (χ4n) is 3.18. The van der Waals surface area contributed by atoms with Gasteiger partial charge in [0, 0.05) is 14.6 Å². The van der Waals surface area contributed by atoms with Gasteiger partial charge in [0.2, 0.25) is 0 Å². The smallest absolute Gasteiger partial charge is 0.344 e. The molecule has 0 saturated carbocycles. The Kier molecular flexibility index (Phi) is 7.31. The first-order valence-corrected chi connectivity index (χ1v) is 11.3. The molecule has 0 unspecified atom stereocenters. The van der Waals surface area contributed by atoms with Crippen LogP contribution in [0.25, 0.3) is 10.8 Å². The van der Waals surface area contributed by atoms with Crippen molar-refractivity contribution in [1.82, 2.24) is 5.43 Å². The van der Waals surface area contributed by atoms with Crippen molar-refractivity contribution in [1.29, 1.82) is 0 Å². The number of carbonyl (C=O) groups is 2. The standard InChI is InChI=1S/C26H20IN3O3/c27-23-10-4-3-9-22(23)26(32)33-20-14-12-18(13-15-20)16-29-30-25(31)17-28-24-11-5-7-19-6-1-2-8-21(19)24/h1-16,28H,17H2,(H,30,31)/b29-16+. The summed E-state index contributed by atoms with van der Waals surface area (Å²) in [5.41, 5.74) is 4.67. The van der Waals surface area contributed by atoms with Gasteiger partial charge in [-0.3, -0.25) is 4.79 Å². The second-order valence-electron chi connectivity index (χ2n) is 7.11. The van der Waals surface area contributed by atoms with Gasteiger partial charge in [-0.25, -0.2) is 10.2 Å². The van der Waals surface area contributed by atoms with Crippen LogP contribution in [0, 0.1) is 3.57 Å². The Labute approximate surface area is 204 Å². The lowest BCUT2D eigenvalue weighted by Crippen LogP contribution is -2.25. The Bertz CT molecular complexity index is 1310. The Hall–Kier alpha value is -3.72. The van der Waals surface area contributed by atoms with Crippen molar-refractivity contribution in [2.75, 3.05) is 11.9 Å². The van der Waals surface area contributed by atoms with Crippen molar-refractivity contribution in [3.63, 3.8) is 0 Å².